The molecule has 0 saturated carbocycles. The summed E-state index contributed by atoms with van der Waals surface area (Å²) in [6.45, 7) is -1.59. The van der Waals surface area contributed by atoms with Crippen LogP contribution in [-0.4, -0.2) is 77.7 Å². The summed E-state index contributed by atoms with van der Waals surface area (Å²) < 4.78 is 113. The van der Waals surface area contributed by atoms with Gasteiger partial charge in [-0.3, -0.25) is 0 Å². The van der Waals surface area contributed by atoms with Crippen molar-refractivity contribution >= 4 is 54.7 Å². The maximum absolute atomic E-state index is 11.6. The van der Waals surface area contributed by atoms with Gasteiger partial charge in [-0.25, -0.2) is 35.2 Å². The topological polar surface area (TPSA) is 185 Å². The minimum Gasteiger partial charge on any atom is -1.00 e. The Morgan fingerprint density at radius 3 is 0.692 bits per heavy atom. The molecule has 0 atom stereocenters. The Morgan fingerprint density at radius 2 is 0.526 bits per heavy atom. The fourth-order valence-corrected chi connectivity index (χ4v) is 10.1. The molecular formula is C56H52BrF4NaO12S4. The first-order chi connectivity index (χ1) is 36.6. The van der Waals surface area contributed by atoms with Crippen LogP contribution in [0.1, 0.15) is 0 Å². The molecule has 0 aliphatic heterocycles. The van der Waals surface area contributed by atoms with Gasteiger partial charge in [0.25, 0.3) is 21.0 Å². The predicted octanol–water partition coefficient (Wildman–Crippen LogP) is 5.56. The molecule has 0 amide bonds. The number of hydrogen-bond acceptors (Lipinski definition) is 12. The van der Waals surface area contributed by atoms with E-state index in [0.29, 0.717) is 11.5 Å². The van der Waals surface area contributed by atoms with E-state index in [2.05, 4.69) is 191 Å². The van der Waals surface area contributed by atoms with Gasteiger partial charge in [0.05, 0.1) is 21.8 Å². The van der Waals surface area contributed by atoms with Gasteiger partial charge in [0.1, 0.15) is 37.9 Å². The maximum Gasteiger partial charge on any atom is 1.00 e. The Kier molecular flexibility index (Phi) is 36.9. The number of carbonyl (C=O) groups excluding carboxylic acids is 2. The van der Waals surface area contributed by atoms with Crippen LogP contribution >= 0.6 is 0 Å². The predicted molar refractivity (Wildman–Crippen MR) is 282 cm³/mol. The Balaban J connectivity index is 0.000000491. The van der Waals surface area contributed by atoms with Crippen LogP contribution in [0.4, 0.5) is 16.6 Å². The van der Waals surface area contributed by atoms with Crippen molar-refractivity contribution in [2.24, 2.45) is 0 Å². The van der Waals surface area contributed by atoms with Crippen molar-refractivity contribution in [2.45, 2.75) is 29.4 Å². The van der Waals surface area contributed by atoms with E-state index in [-0.39, 0.29) is 94.8 Å². The molecule has 0 heterocycles. The first kappa shape index (κ1) is 70.0. The molecule has 0 fully saturated rings. The number of rotatable bonds is 16. The molecule has 8 rings (SSSR count). The van der Waals surface area contributed by atoms with Crippen molar-refractivity contribution in [3.63, 3.8) is 0 Å². The van der Waals surface area contributed by atoms with Crippen LogP contribution in [0.3, 0.4) is 0 Å². The van der Waals surface area contributed by atoms with Crippen molar-refractivity contribution in [3.05, 3.63) is 243 Å². The summed E-state index contributed by atoms with van der Waals surface area (Å²) in [7, 11) is -10.9. The summed E-state index contributed by atoms with van der Waals surface area (Å²) in [5.41, 5.74) is 0. The molecule has 0 aromatic heterocycles. The molecule has 8 aromatic carbocycles. The molecule has 22 heteroatoms. The van der Waals surface area contributed by atoms with Gasteiger partial charge in [-0.2, -0.15) is 0 Å². The number of alkyl halides is 2. The molecule has 0 bridgehead atoms. The van der Waals surface area contributed by atoms with Gasteiger partial charge in [-0.1, -0.05) is 146 Å². The van der Waals surface area contributed by atoms with Crippen molar-refractivity contribution < 1.29 is 118 Å². The van der Waals surface area contributed by atoms with Crippen LogP contribution in [0.5, 0.6) is 11.5 Å². The average molecular weight is 1220 g/mol. The number of esters is 2. The minimum absolute atomic E-state index is 0. The molecule has 0 radical (unpaired) electrons. The largest absolute Gasteiger partial charge is 1.00 e. The van der Waals surface area contributed by atoms with Gasteiger partial charge in [0, 0.05) is 0 Å². The number of carbonyl (C=O) groups is 2. The molecule has 8 aromatic rings. The zero-order chi connectivity index (χ0) is 55.3. The summed E-state index contributed by atoms with van der Waals surface area (Å²) >= 11 is 0. The quantitative estimate of drug-likeness (QED) is 0.0224. The van der Waals surface area contributed by atoms with Gasteiger partial charge in [0.2, 0.25) is 0 Å². The van der Waals surface area contributed by atoms with Gasteiger partial charge >= 0.3 is 41.5 Å². The first-order valence-corrected chi connectivity index (χ1v) is 27.5. The van der Waals surface area contributed by atoms with Crippen LogP contribution in [0, 0.1) is 0 Å². The number of halogens is 5. The monoisotopic (exact) mass is 1220 g/mol. The van der Waals surface area contributed by atoms with Gasteiger partial charge < -0.3 is 45.0 Å². The van der Waals surface area contributed by atoms with E-state index in [1.807, 2.05) is 36.4 Å². The molecule has 0 aliphatic carbocycles. The summed E-state index contributed by atoms with van der Waals surface area (Å²) in [5.74, 6) is -0.323. The Morgan fingerprint density at radius 1 is 0.359 bits per heavy atom. The number of para-hydroxylation sites is 2. The summed E-state index contributed by atoms with van der Waals surface area (Å²) in [5, 5.41) is 0. The van der Waals surface area contributed by atoms with Crippen LogP contribution in [0.15, 0.2) is 272 Å². The maximum atomic E-state index is 11.6. The van der Waals surface area contributed by atoms with Crippen molar-refractivity contribution in [3.8, 4) is 11.5 Å². The van der Waals surface area contributed by atoms with E-state index in [1.54, 1.807) is 24.3 Å². The first-order valence-electron chi connectivity index (χ1n) is 22.4. The minimum atomic E-state index is -5.42. The zero-order valence-corrected chi connectivity index (χ0v) is 48.6. The third kappa shape index (κ3) is 33.3. The van der Waals surface area contributed by atoms with E-state index >= 15 is 0 Å². The molecule has 0 aliphatic rings. The molecule has 0 unspecified atom stereocenters. The van der Waals surface area contributed by atoms with Crippen molar-refractivity contribution in [1.29, 1.82) is 0 Å². The summed E-state index contributed by atoms with van der Waals surface area (Å²) in [6.07, 6.45) is 0. The van der Waals surface area contributed by atoms with Crippen LogP contribution in [0.2, 0.25) is 0 Å². The number of benzene rings is 8. The van der Waals surface area contributed by atoms with Crippen molar-refractivity contribution in [2.75, 3.05) is 39.8 Å². The SMILES string of the molecule is O=C(CF)OCCOc1ccccc1.O=C(CF)OCCOc1ccccc1.O=S(=O)([O-])F.O=S(=O)([O-])F.[Br-].[Na+].c1ccc([S+](c2ccccc2)c2ccccc2)cc1.c1ccc([S+](c2ccccc2)c2ccccc2)cc1. The van der Waals surface area contributed by atoms with Gasteiger partial charge in [0.15, 0.2) is 42.7 Å². The van der Waals surface area contributed by atoms with Crippen molar-refractivity contribution in [1.82, 2.24) is 0 Å². The van der Waals surface area contributed by atoms with E-state index in [9.17, 15) is 26.1 Å². The van der Waals surface area contributed by atoms with Gasteiger partial charge in [-0.15, -0.1) is 7.77 Å². The Labute approximate surface area is 491 Å². The average Bonchev–Trinajstić information content (AvgIpc) is 3.43. The third-order valence-electron chi connectivity index (χ3n) is 8.81. The number of ether oxygens (including phenoxy) is 4. The fraction of sp³-hybridized carbons (Fsp3) is 0.107. The molecule has 0 N–H and O–H groups in total. The molecule has 0 spiro atoms. The van der Waals surface area contributed by atoms with Crippen LogP contribution in [0.25, 0.3) is 0 Å². The second-order valence-electron chi connectivity index (χ2n) is 14.3. The summed E-state index contributed by atoms with van der Waals surface area (Å²) in [6, 6.07) is 82.5. The normalized spacial score (nSPS) is 10.1. The summed E-state index contributed by atoms with van der Waals surface area (Å²) in [4.78, 5) is 28.9. The molecule has 408 valence electrons. The smallest absolute Gasteiger partial charge is 1.00 e. The zero-order valence-electron chi connectivity index (χ0n) is 41.8. The van der Waals surface area contributed by atoms with Gasteiger partial charge in [-0.05, 0) is 97.1 Å². The Hall–Kier alpha value is -5.98. The van der Waals surface area contributed by atoms with Crippen LogP contribution < -0.4 is 56.0 Å². The van der Waals surface area contributed by atoms with E-state index in [4.69, 9.17) is 35.4 Å². The number of hydrogen-bond donors (Lipinski definition) is 0. The second-order valence-corrected chi connectivity index (χ2v) is 19.9. The molecule has 78 heavy (non-hydrogen) atoms. The molecule has 12 nitrogen and oxygen atoms in total. The Bertz CT molecular complexity index is 2610. The van der Waals surface area contributed by atoms with Crippen LogP contribution in [-0.2, 0) is 61.9 Å². The van der Waals surface area contributed by atoms with E-state index in [0.717, 1.165) is 0 Å². The molecule has 0 saturated heterocycles. The van der Waals surface area contributed by atoms with E-state index < -0.39 is 46.3 Å². The van der Waals surface area contributed by atoms with E-state index in [1.165, 1.54) is 29.4 Å². The fourth-order valence-electron chi connectivity index (χ4n) is 5.90. The molecular weight excluding hydrogens is 1170 g/mol. The third-order valence-corrected chi connectivity index (χ3v) is 13.3. The standard InChI is InChI=1S/2C18H15S.2C10H11FO3.BrH.2FHO3S.Na/c2*1-4-10-16(11-5-1)19(17-12-6-2-7-13-17)18-14-8-3-9-15-18;2*11-8-10(12)14-7-6-13-9-4-2-1-3-5-9;;2*1-5(2,3)4;/h2*1-15H;2*1-5H,6-8H2;1H;2*(H,2,3,4);/q2*+1;;;;;;+1/p-3. The second kappa shape index (κ2) is 41.1.